The molecular weight excluding hydrogens is 362 g/mol. The number of aromatic nitrogens is 4. The van der Waals surface area contributed by atoms with Crippen LogP contribution in [-0.4, -0.2) is 50.4 Å². The second kappa shape index (κ2) is 8.68. The van der Waals surface area contributed by atoms with Crippen molar-refractivity contribution in [2.45, 2.75) is 23.9 Å². The number of carbonyl (C=O) groups excluding carboxylic acids is 1. The molecule has 140 valence electrons. The summed E-state index contributed by atoms with van der Waals surface area (Å²) < 4.78 is 6.79. The van der Waals surface area contributed by atoms with E-state index >= 15 is 0 Å². The number of ether oxygens (including phenoxy) is 1. The van der Waals surface area contributed by atoms with Crippen LogP contribution in [0.1, 0.15) is 12.5 Å². The van der Waals surface area contributed by atoms with E-state index in [0.29, 0.717) is 11.7 Å². The number of methoxy groups -OCH3 is 1. The first-order chi connectivity index (χ1) is 13.1. The average Bonchev–Trinajstić information content (AvgIpc) is 3.16. The van der Waals surface area contributed by atoms with E-state index < -0.39 is 0 Å². The van der Waals surface area contributed by atoms with E-state index in [2.05, 4.69) is 15.5 Å². The Morgan fingerprint density at radius 2 is 1.89 bits per heavy atom. The van der Waals surface area contributed by atoms with Gasteiger partial charge in [0.25, 0.3) is 0 Å². The van der Waals surface area contributed by atoms with Gasteiger partial charge in [-0.25, -0.2) is 0 Å². The van der Waals surface area contributed by atoms with Gasteiger partial charge >= 0.3 is 0 Å². The number of benzene rings is 2. The first kappa shape index (κ1) is 18.9. The first-order valence-electron chi connectivity index (χ1n) is 8.47. The Morgan fingerprint density at radius 1 is 1.19 bits per heavy atom. The zero-order chi connectivity index (χ0) is 19.2. The van der Waals surface area contributed by atoms with Gasteiger partial charge in [-0.1, -0.05) is 42.1 Å². The third kappa shape index (κ3) is 4.65. The van der Waals surface area contributed by atoms with Crippen molar-refractivity contribution in [2.24, 2.45) is 0 Å². The van der Waals surface area contributed by atoms with Crippen LogP contribution in [-0.2, 0) is 11.3 Å². The van der Waals surface area contributed by atoms with Gasteiger partial charge in [-0.05, 0) is 47.2 Å². The normalized spacial score (nSPS) is 11.8. The van der Waals surface area contributed by atoms with Crippen molar-refractivity contribution in [3.8, 4) is 11.4 Å². The molecule has 0 unspecified atom stereocenters. The molecular formula is C19H21N5O2S. The molecule has 1 amide bonds. The maximum Gasteiger partial charge on any atom is 0.235 e. The molecule has 8 heteroatoms. The number of rotatable bonds is 7. The zero-order valence-electron chi connectivity index (χ0n) is 15.4. The summed E-state index contributed by atoms with van der Waals surface area (Å²) in [6.45, 7) is 2.43. The van der Waals surface area contributed by atoms with Gasteiger partial charge in [-0.2, -0.15) is 4.68 Å². The Balaban J connectivity index is 1.68. The zero-order valence-corrected chi connectivity index (χ0v) is 16.3. The van der Waals surface area contributed by atoms with Crippen molar-refractivity contribution in [2.75, 3.05) is 14.2 Å². The lowest BCUT2D eigenvalue weighted by Gasteiger charge is -2.21. The first-order valence-corrected chi connectivity index (χ1v) is 9.35. The molecule has 1 heterocycles. The fraction of sp³-hybridized carbons (Fsp3) is 0.263. The van der Waals surface area contributed by atoms with Gasteiger partial charge in [0, 0.05) is 13.6 Å². The maximum absolute atomic E-state index is 12.7. The Bertz CT molecular complexity index is 883. The maximum atomic E-state index is 12.7. The standard InChI is InChI=1S/C19H21N5O2S/c1-14(18(25)23(2)13-15-7-5-4-6-8-15)27-19-20-21-22-24(19)16-9-11-17(26-3)12-10-16/h4-12,14H,13H2,1-3H3/t14-/m0/s1. The predicted octanol–water partition coefficient (Wildman–Crippen LogP) is 2.81. The van der Waals surface area contributed by atoms with E-state index in [1.807, 2.05) is 61.5 Å². The molecule has 2 aromatic carbocycles. The highest BCUT2D eigenvalue weighted by Gasteiger charge is 2.22. The Labute approximate surface area is 162 Å². The molecule has 0 saturated heterocycles. The van der Waals surface area contributed by atoms with Crippen LogP contribution in [0.2, 0.25) is 0 Å². The van der Waals surface area contributed by atoms with Crippen LogP contribution in [0.5, 0.6) is 5.75 Å². The number of amides is 1. The second-order valence-electron chi connectivity index (χ2n) is 6.01. The molecule has 0 fully saturated rings. The lowest BCUT2D eigenvalue weighted by Crippen LogP contribution is -2.32. The lowest BCUT2D eigenvalue weighted by atomic mass is 10.2. The summed E-state index contributed by atoms with van der Waals surface area (Å²) in [5.74, 6) is 0.778. The lowest BCUT2D eigenvalue weighted by molar-refractivity contribution is -0.129. The molecule has 0 aliphatic heterocycles. The van der Waals surface area contributed by atoms with Gasteiger partial charge in [0.05, 0.1) is 18.0 Å². The molecule has 0 saturated carbocycles. The van der Waals surface area contributed by atoms with Crippen molar-refractivity contribution in [3.05, 3.63) is 60.2 Å². The Kier molecular flexibility index (Phi) is 6.08. The number of nitrogens with zero attached hydrogens (tertiary/aromatic N) is 5. The second-order valence-corrected chi connectivity index (χ2v) is 7.32. The van der Waals surface area contributed by atoms with Crippen LogP contribution in [0.4, 0.5) is 0 Å². The van der Waals surface area contributed by atoms with Gasteiger partial charge in [-0.15, -0.1) is 5.10 Å². The minimum Gasteiger partial charge on any atom is -0.497 e. The van der Waals surface area contributed by atoms with Gasteiger partial charge < -0.3 is 9.64 Å². The van der Waals surface area contributed by atoms with E-state index in [9.17, 15) is 4.79 Å². The molecule has 0 aliphatic rings. The molecule has 3 aromatic rings. The van der Waals surface area contributed by atoms with Crippen LogP contribution >= 0.6 is 11.8 Å². The summed E-state index contributed by atoms with van der Waals surface area (Å²) in [4.78, 5) is 14.4. The highest BCUT2D eigenvalue weighted by molar-refractivity contribution is 8.00. The quantitative estimate of drug-likeness (QED) is 0.584. The summed E-state index contributed by atoms with van der Waals surface area (Å²) >= 11 is 1.33. The largest absolute Gasteiger partial charge is 0.497 e. The van der Waals surface area contributed by atoms with Crippen molar-refractivity contribution >= 4 is 17.7 Å². The van der Waals surface area contributed by atoms with Crippen molar-refractivity contribution in [1.82, 2.24) is 25.1 Å². The summed E-state index contributed by atoms with van der Waals surface area (Å²) in [5.41, 5.74) is 1.90. The summed E-state index contributed by atoms with van der Waals surface area (Å²) in [6, 6.07) is 17.3. The van der Waals surface area contributed by atoms with Crippen LogP contribution in [0.25, 0.3) is 5.69 Å². The smallest absolute Gasteiger partial charge is 0.235 e. The van der Waals surface area contributed by atoms with E-state index in [-0.39, 0.29) is 11.2 Å². The van der Waals surface area contributed by atoms with E-state index in [1.165, 1.54) is 11.8 Å². The van der Waals surface area contributed by atoms with Gasteiger partial charge in [0.15, 0.2) is 0 Å². The van der Waals surface area contributed by atoms with Crippen molar-refractivity contribution in [1.29, 1.82) is 0 Å². The number of hydrogen-bond acceptors (Lipinski definition) is 6. The molecule has 1 aromatic heterocycles. The van der Waals surface area contributed by atoms with Crippen molar-refractivity contribution in [3.63, 3.8) is 0 Å². The number of carbonyl (C=O) groups is 1. The molecule has 3 rings (SSSR count). The van der Waals surface area contributed by atoms with Crippen LogP contribution in [0, 0.1) is 0 Å². The molecule has 7 nitrogen and oxygen atoms in total. The molecule has 0 N–H and O–H groups in total. The predicted molar refractivity (Wildman–Crippen MR) is 104 cm³/mol. The van der Waals surface area contributed by atoms with Crippen LogP contribution in [0.15, 0.2) is 59.8 Å². The summed E-state index contributed by atoms with van der Waals surface area (Å²) in [6.07, 6.45) is 0. The minimum absolute atomic E-state index is 0.0214. The molecule has 27 heavy (non-hydrogen) atoms. The third-order valence-corrected chi connectivity index (χ3v) is 5.05. The highest BCUT2D eigenvalue weighted by atomic mass is 32.2. The highest BCUT2D eigenvalue weighted by Crippen LogP contribution is 2.25. The van der Waals surface area contributed by atoms with Crippen LogP contribution < -0.4 is 4.74 Å². The molecule has 0 bridgehead atoms. The molecule has 0 aliphatic carbocycles. The van der Waals surface area contributed by atoms with Crippen molar-refractivity contribution < 1.29 is 9.53 Å². The number of hydrogen-bond donors (Lipinski definition) is 0. The molecule has 0 radical (unpaired) electrons. The topological polar surface area (TPSA) is 73.1 Å². The monoisotopic (exact) mass is 383 g/mol. The summed E-state index contributed by atoms with van der Waals surface area (Å²) in [7, 11) is 3.42. The molecule has 0 spiro atoms. The third-order valence-electron chi connectivity index (χ3n) is 4.03. The van der Waals surface area contributed by atoms with Gasteiger partial charge in [-0.3, -0.25) is 4.79 Å². The Hall–Kier alpha value is -2.87. The van der Waals surface area contributed by atoms with Gasteiger partial charge in [0.1, 0.15) is 5.75 Å². The van der Waals surface area contributed by atoms with Crippen LogP contribution in [0.3, 0.4) is 0 Å². The average molecular weight is 383 g/mol. The molecule has 1 atom stereocenters. The Morgan fingerprint density at radius 3 is 2.56 bits per heavy atom. The van der Waals surface area contributed by atoms with E-state index in [1.54, 1.807) is 23.7 Å². The number of tetrazole rings is 1. The van der Waals surface area contributed by atoms with E-state index in [0.717, 1.165) is 17.0 Å². The summed E-state index contributed by atoms with van der Waals surface area (Å²) in [5, 5.41) is 12.1. The SMILES string of the molecule is COc1ccc(-n2nnnc2S[C@@H](C)C(=O)N(C)Cc2ccccc2)cc1. The fourth-order valence-electron chi connectivity index (χ4n) is 2.59. The van der Waals surface area contributed by atoms with Gasteiger partial charge in [0.2, 0.25) is 11.1 Å². The number of thioether (sulfide) groups is 1. The van der Waals surface area contributed by atoms with E-state index in [4.69, 9.17) is 4.74 Å². The fourth-order valence-corrected chi connectivity index (χ4v) is 3.51. The minimum atomic E-state index is -0.318.